The first-order valence-corrected chi connectivity index (χ1v) is 5.77. The molecule has 0 fully saturated rings. The molecule has 1 atom stereocenters. The van der Waals surface area contributed by atoms with Crippen LogP contribution in [0.2, 0.25) is 0 Å². The van der Waals surface area contributed by atoms with Crippen molar-refractivity contribution >= 4 is 0 Å². The highest BCUT2D eigenvalue weighted by molar-refractivity contribution is 5.28. The van der Waals surface area contributed by atoms with Gasteiger partial charge in [-0.15, -0.1) is 0 Å². The van der Waals surface area contributed by atoms with Crippen molar-refractivity contribution < 1.29 is 4.74 Å². The van der Waals surface area contributed by atoms with Crippen molar-refractivity contribution in [3.05, 3.63) is 41.8 Å². The molecule has 0 N–H and O–H groups in total. The number of terminal acetylenes is 1. The van der Waals surface area contributed by atoms with Gasteiger partial charge in [-0.05, 0) is 30.4 Å². The molecule has 0 aliphatic rings. The average Bonchev–Trinajstić information content (AvgIpc) is 2.31. The second-order valence-electron chi connectivity index (χ2n) is 3.85. The molecule has 1 rings (SSSR count). The maximum absolute atomic E-state index is 5.25. The second-order valence-corrected chi connectivity index (χ2v) is 3.85. The van der Waals surface area contributed by atoms with Gasteiger partial charge in [-0.25, -0.2) is 0 Å². The Kier molecular flexibility index (Phi) is 5.50. The summed E-state index contributed by atoms with van der Waals surface area (Å²) in [6, 6.07) is 8.46. The van der Waals surface area contributed by atoms with Gasteiger partial charge in [0.2, 0.25) is 0 Å². The maximum Gasteiger partial charge on any atom is 0.114 e. The minimum absolute atomic E-state index is 0.128. The highest BCUT2D eigenvalue weighted by Crippen LogP contribution is 2.15. The summed E-state index contributed by atoms with van der Waals surface area (Å²) < 4.78 is 5.25. The van der Waals surface area contributed by atoms with Crippen molar-refractivity contribution in [2.24, 2.45) is 0 Å². The first-order chi connectivity index (χ1) is 7.81. The molecule has 0 spiro atoms. The Hall–Kier alpha value is -1.42. The number of rotatable bonds is 6. The highest BCUT2D eigenvalue weighted by Gasteiger charge is 2.10. The smallest absolute Gasteiger partial charge is 0.114 e. The van der Waals surface area contributed by atoms with Gasteiger partial charge in [0.05, 0.1) is 0 Å². The Bertz CT molecular complexity index is 349. The van der Waals surface area contributed by atoms with E-state index >= 15 is 0 Å². The summed E-state index contributed by atoms with van der Waals surface area (Å²) in [5, 5.41) is 0. The molecule has 0 bridgehead atoms. The average molecular weight is 215 g/mol. The van der Waals surface area contributed by atoms with E-state index in [1.807, 2.05) is 0 Å². The third kappa shape index (κ3) is 3.62. The van der Waals surface area contributed by atoms with Crippen molar-refractivity contribution in [1.29, 1.82) is 0 Å². The lowest BCUT2D eigenvalue weighted by molar-refractivity contribution is 0.162. The molecule has 0 aliphatic heterocycles. The van der Waals surface area contributed by atoms with Gasteiger partial charge in [0.15, 0.2) is 0 Å². The zero-order valence-electron chi connectivity index (χ0n) is 10.1. The van der Waals surface area contributed by atoms with Gasteiger partial charge in [0, 0.05) is 6.42 Å². The van der Waals surface area contributed by atoms with Crippen LogP contribution in [-0.2, 0) is 17.6 Å². The molecule has 0 saturated carbocycles. The predicted octanol–water partition coefficient (Wildman–Crippen LogP) is 3.38. The van der Waals surface area contributed by atoms with Crippen LogP contribution in [0.15, 0.2) is 24.3 Å². The molecule has 1 heteroatoms. The SMILES string of the molecule is C#COC(CC)Cc1ccccc1C[CH]C. The molecule has 1 unspecified atom stereocenters. The van der Waals surface area contributed by atoms with E-state index in [4.69, 9.17) is 11.2 Å². The minimum Gasteiger partial charge on any atom is -0.443 e. The Labute approximate surface area is 98.8 Å². The van der Waals surface area contributed by atoms with E-state index in [2.05, 4.69) is 50.6 Å². The fourth-order valence-corrected chi connectivity index (χ4v) is 1.79. The van der Waals surface area contributed by atoms with Crippen molar-refractivity contribution in [1.82, 2.24) is 0 Å². The Morgan fingerprint density at radius 2 is 2.06 bits per heavy atom. The summed E-state index contributed by atoms with van der Waals surface area (Å²) in [6.45, 7) is 4.17. The van der Waals surface area contributed by atoms with Crippen LogP contribution >= 0.6 is 0 Å². The molecular weight excluding hydrogens is 196 g/mol. The number of hydrogen-bond donors (Lipinski definition) is 0. The van der Waals surface area contributed by atoms with Crippen LogP contribution in [0.1, 0.15) is 31.4 Å². The first-order valence-electron chi connectivity index (χ1n) is 5.77. The number of benzene rings is 1. The van der Waals surface area contributed by atoms with E-state index in [0.717, 1.165) is 19.3 Å². The van der Waals surface area contributed by atoms with Gasteiger partial charge in [-0.1, -0.05) is 44.5 Å². The fourth-order valence-electron chi connectivity index (χ4n) is 1.79. The second kappa shape index (κ2) is 6.95. The van der Waals surface area contributed by atoms with E-state index in [0.29, 0.717) is 0 Å². The third-order valence-corrected chi connectivity index (χ3v) is 2.68. The molecule has 1 aromatic carbocycles. The van der Waals surface area contributed by atoms with Gasteiger partial charge < -0.3 is 4.74 Å². The molecular formula is C15H19O. The first kappa shape index (κ1) is 12.6. The Morgan fingerprint density at radius 1 is 1.38 bits per heavy atom. The molecule has 0 heterocycles. The molecule has 16 heavy (non-hydrogen) atoms. The topological polar surface area (TPSA) is 9.23 Å². The molecule has 1 nitrogen and oxygen atoms in total. The largest absolute Gasteiger partial charge is 0.443 e. The molecule has 0 amide bonds. The fraction of sp³-hybridized carbons (Fsp3) is 0.400. The van der Waals surface area contributed by atoms with Crippen LogP contribution < -0.4 is 0 Å². The molecule has 0 aliphatic carbocycles. The van der Waals surface area contributed by atoms with Crippen molar-refractivity contribution in [3.8, 4) is 12.5 Å². The van der Waals surface area contributed by atoms with Crippen molar-refractivity contribution in [2.75, 3.05) is 0 Å². The lowest BCUT2D eigenvalue weighted by Crippen LogP contribution is -2.13. The summed E-state index contributed by atoms with van der Waals surface area (Å²) >= 11 is 0. The van der Waals surface area contributed by atoms with Crippen LogP contribution in [0, 0.1) is 19.0 Å². The molecule has 0 aromatic heterocycles. The van der Waals surface area contributed by atoms with Crippen LogP contribution in [0.4, 0.5) is 0 Å². The molecule has 1 radical (unpaired) electrons. The number of hydrogen-bond acceptors (Lipinski definition) is 1. The normalized spacial score (nSPS) is 11.8. The predicted molar refractivity (Wildman–Crippen MR) is 67.8 cm³/mol. The van der Waals surface area contributed by atoms with E-state index in [-0.39, 0.29) is 6.10 Å². The lowest BCUT2D eigenvalue weighted by Gasteiger charge is -2.15. The Balaban J connectivity index is 2.74. The maximum atomic E-state index is 5.25. The van der Waals surface area contributed by atoms with Gasteiger partial charge in [-0.2, -0.15) is 0 Å². The highest BCUT2D eigenvalue weighted by atomic mass is 16.5. The van der Waals surface area contributed by atoms with Gasteiger partial charge in [-0.3, -0.25) is 0 Å². The van der Waals surface area contributed by atoms with Crippen molar-refractivity contribution in [2.45, 2.75) is 39.2 Å². The molecule has 85 valence electrons. The van der Waals surface area contributed by atoms with Crippen LogP contribution in [0.3, 0.4) is 0 Å². The molecule has 0 saturated heterocycles. The van der Waals surface area contributed by atoms with E-state index in [1.54, 1.807) is 0 Å². The van der Waals surface area contributed by atoms with Gasteiger partial charge >= 0.3 is 0 Å². The minimum atomic E-state index is 0.128. The lowest BCUT2D eigenvalue weighted by atomic mass is 9.97. The summed E-state index contributed by atoms with van der Waals surface area (Å²) in [7, 11) is 0. The summed E-state index contributed by atoms with van der Waals surface area (Å²) in [4.78, 5) is 0. The summed E-state index contributed by atoms with van der Waals surface area (Å²) in [5.41, 5.74) is 2.70. The van der Waals surface area contributed by atoms with Crippen LogP contribution in [0.5, 0.6) is 0 Å². The van der Waals surface area contributed by atoms with E-state index in [9.17, 15) is 0 Å². The number of ether oxygens (including phenoxy) is 1. The van der Waals surface area contributed by atoms with Gasteiger partial charge in [0.1, 0.15) is 12.2 Å². The third-order valence-electron chi connectivity index (χ3n) is 2.68. The van der Waals surface area contributed by atoms with Crippen LogP contribution in [0.25, 0.3) is 0 Å². The van der Waals surface area contributed by atoms with Crippen LogP contribution in [-0.4, -0.2) is 6.10 Å². The zero-order valence-corrected chi connectivity index (χ0v) is 10.1. The van der Waals surface area contributed by atoms with Gasteiger partial charge in [0.25, 0.3) is 0 Å². The monoisotopic (exact) mass is 215 g/mol. The quantitative estimate of drug-likeness (QED) is 0.661. The zero-order chi connectivity index (χ0) is 11.8. The standard InChI is InChI=1S/C15H19O/c1-4-9-13-10-7-8-11-14(13)12-15(5-2)16-6-3/h3-4,7-8,10-11,15H,5,9,12H2,1-2H3. The van der Waals surface area contributed by atoms with Crippen molar-refractivity contribution in [3.63, 3.8) is 0 Å². The molecule has 1 aromatic rings. The van der Waals surface area contributed by atoms with E-state index in [1.165, 1.54) is 11.1 Å². The summed E-state index contributed by atoms with van der Waals surface area (Å²) in [5.74, 6) is 0. The Morgan fingerprint density at radius 3 is 2.62 bits per heavy atom. The van der Waals surface area contributed by atoms with E-state index < -0.39 is 0 Å². The summed E-state index contributed by atoms with van der Waals surface area (Å²) in [6.07, 6.45) is 12.6.